The van der Waals surface area contributed by atoms with Crippen LogP contribution in [0.15, 0.2) is 55.0 Å². The molecule has 0 radical (unpaired) electrons. The molecular weight excluding hydrogens is 480 g/mol. The number of morpholine rings is 1. The Morgan fingerprint density at radius 2 is 1.68 bits per heavy atom. The SMILES string of the molecule is COc1cc(OC)cc(N(CCCN2C[C@@H](C)O[C@@H](C)C2)c2ccc3ncc(-c4cnn(C)c4)nc3c2)c1. The molecule has 38 heavy (non-hydrogen) atoms. The molecule has 0 aliphatic carbocycles. The summed E-state index contributed by atoms with van der Waals surface area (Å²) in [5.74, 6) is 1.50. The molecule has 1 fully saturated rings. The molecule has 3 heterocycles. The maximum absolute atomic E-state index is 5.92. The van der Waals surface area contributed by atoms with Gasteiger partial charge in [-0.1, -0.05) is 0 Å². The number of anilines is 2. The van der Waals surface area contributed by atoms with E-state index < -0.39 is 0 Å². The van der Waals surface area contributed by atoms with Gasteiger partial charge >= 0.3 is 0 Å². The van der Waals surface area contributed by atoms with Gasteiger partial charge in [-0.25, -0.2) is 4.98 Å². The van der Waals surface area contributed by atoms with Gasteiger partial charge in [-0.2, -0.15) is 5.10 Å². The molecule has 0 bridgehead atoms. The molecule has 0 spiro atoms. The number of hydrogen-bond donors (Lipinski definition) is 0. The minimum atomic E-state index is 0.255. The lowest BCUT2D eigenvalue weighted by molar-refractivity contribution is -0.0679. The van der Waals surface area contributed by atoms with Crippen LogP contribution in [0, 0.1) is 0 Å². The first-order chi connectivity index (χ1) is 18.4. The van der Waals surface area contributed by atoms with Crippen LogP contribution < -0.4 is 14.4 Å². The summed E-state index contributed by atoms with van der Waals surface area (Å²) in [5.41, 5.74) is 5.46. The zero-order valence-corrected chi connectivity index (χ0v) is 22.8. The zero-order valence-electron chi connectivity index (χ0n) is 22.8. The Bertz CT molecular complexity index is 1360. The van der Waals surface area contributed by atoms with E-state index in [1.54, 1.807) is 25.1 Å². The fourth-order valence-corrected chi connectivity index (χ4v) is 5.14. The molecule has 0 unspecified atom stereocenters. The van der Waals surface area contributed by atoms with Crippen LogP contribution in [0.25, 0.3) is 22.3 Å². The van der Waals surface area contributed by atoms with E-state index >= 15 is 0 Å². The van der Waals surface area contributed by atoms with Crippen molar-refractivity contribution in [2.75, 3.05) is 45.3 Å². The first-order valence-corrected chi connectivity index (χ1v) is 13.1. The van der Waals surface area contributed by atoms with Crippen molar-refractivity contribution in [3.63, 3.8) is 0 Å². The first-order valence-electron chi connectivity index (χ1n) is 13.1. The van der Waals surface area contributed by atoms with Gasteiger partial charge in [0.15, 0.2) is 0 Å². The standard InChI is InChI=1S/C29H36N6O3/c1-20-17-34(18-21(2)38-20)9-6-10-35(24-11-25(36-4)14-26(12-24)37-5)23-7-8-27-28(13-23)32-29(16-30-27)22-15-31-33(3)19-22/h7-8,11-16,19-21H,6,9-10,17-18H2,1-5H3/t20-,21+. The van der Waals surface area contributed by atoms with Crippen molar-refractivity contribution in [2.45, 2.75) is 32.5 Å². The average Bonchev–Trinajstić information content (AvgIpc) is 3.36. The molecule has 5 rings (SSSR count). The Morgan fingerprint density at radius 1 is 0.947 bits per heavy atom. The molecule has 200 valence electrons. The Morgan fingerprint density at radius 3 is 2.34 bits per heavy atom. The van der Waals surface area contributed by atoms with Crippen molar-refractivity contribution in [1.82, 2.24) is 24.6 Å². The molecule has 0 saturated carbocycles. The lowest BCUT2D eigenvalue weighted by Crippen LogP contribution is -2.46. The van der Waals surface area contributed by atoms with E-state index in [0.717, 1.165) is 77.8 Å². The minimum absolute atomic E-state index is 0.255. The van der Waals surface area contributed by atoms with E-state index in [2.05, 4.69) is 45.9 Å². The van der Waals surface area contributed by atoms with Crippen molar-refractivity contribution in [3.05, 3.63) is 55.0 Å². The summed E-state index contributed by atoms with van der Waals surface area (Å²) in [6.07, 6.45) is 7.05. The summed E-state index contributed by atoms with van der Waals surface area (Å²) in [6.45, 7) is 8.02. The predicted molar refractivity (Wildman–Crippen MR) is 149 cm³/mol. The number of hydrogen-bond acceptors (Lipinski definition) is 8. The smallest absolute Gasteiger partial charge is 0.124 e. The Kier molecular flexibility index (Phi) is 7.76. The molecule has 9 heteroatoms. The maximum Gasteiger partial charge on any atom is 0.124 e. The van der Waals surface area contributed by atoms with Crippen LogP contribution in [0.2, 0.25) is 0 Å². The molecule has 4 aromatic rings. The summed E-state index contributed by atoms with van der Waals surface area (Å²) < 4.78 is 18.9. The number of ether oxygens (including phenoxy) is 3. The number of methoxy groups -OCH3 is 2. The highest BCUT2D eigenvalue weighted by Crippen LogP contribution is 2.34. The Balaban J connectivity index is 1.47. The van der Waals surface area contributed by atoms with Crippen LogP contribution in [-0.2, 0) is 11.8 Å². The fraction of sp³-hybridized carbons (Fsp3) is 0.414. The largest absolute Gasteiger partial charge is 0.497 e. The molecule has 0 amide bonds. The van der Waals surface area contributed by atoms with Crippen LogP contribution in [0.4, 0.5) is 11.4 Å². The Hall–Kier alpha value is -3.69. The van der Waals surface area contributed by atoms with Gasteiger partial charge in [0.05, 0.1) is 55.5 Å². The molecule has 0 N–H and O–H groups in total. The normalized spacial score (nSPS) is 18.0. The Labute approximate surface area is 224 Å². The number of fused-ring (bicyclic) bond motifs is 1. The molecular formula is C29H36N6O3. The second-order valence-corrected chi connectivity index (χ2v) is 9.92. The number of aryl methyl sites for hydroxylation is 1. The number of aromatic nitrogens is 4. The molecule has 9 nitrogen and oxygen atoms in total. The lowest BCUT2D eigenvalue weighted by atomic mass is 10.1. The van der Waals surface area contributed by atoms with Crippen molar-refractivity contribution in [3.8, 4) is 22.8 Å². The van der Waals surface area contributed by atoms with E-state index in [4.69, 9.17) is 19.2 Å². The van der Waals surface area contributed by atoms with E-state index in [-0.39, 0.29) is 12.2 Å². The van der Waals surface area contributed by atoms with Gasteiger partial charge in [0, 0.05) is 74.6 Å². The van der Waals surface area contributed by atoms with Gasteiger partial charge in [-0.05, 0) is 38.5 Å². The van der Waals surface area contributed by atoms with Crippen LogP contribution in [0.1, 0.15) is 20.3 Å². The fourth-order valence-electron chi connectivity index (χ4n) is 5.14. The lowest BCUT2D eigenvalue weighted by Gasteiger charge is -2.36. The summed E-state index contributed by atoms with van der Waals surface area (Å²) in [6, 6.07) is 12.2. The third kappa shape index (κ3) is 5.89. The van der Waals surface area contributed by atoms with Crippen LogP contribution in [0.5, 0.6) is 11.5 Å². The summed E-state index contributed by atoms with van der Waals surface area (Å²) in [4.78, 5) is 14.4. The highest BCUT2D eigenvalue weighted by atomic mass is 16.5. The third-order valence-corrected chi connectivity index (χ3v) is 6.84. The van der Waals surface area contributed by atoms with Crippen LogP contribution in [-0.4, -0.2) is 77.3 Å². The molecule has 2 aromatic carbocycles. The second-order valence-electron chi connectivity index (χ2n) is 9.92. The van der Waals surface area contributed by atoms with Crippen molar-refractivity contribution in [2.24, 2.45) is 7.05 Å². The minimum Gasteiger partial charge on any atom is -0.497 e. The third-order valence-electron chi connectivity index (χ3n) is 6.84. The van der Waals surface area contributed by atoms with Crippen LogP contribution in [0.3, 0.4) is 0 Å². The van der Waals surface area contributed by atoms with Gasteiger partial charge in [-0.15, -0.1) is 0 Å². The quantitative estimate of drug-likeness (QED) is 0.317. The molecule has 2 atom stereocenters. The van der Waals surface area contributed by atoms with Gasteiger partial charge < -0.3 is 19.1 Å². The highest BCUT2D eigenvalue weighted by molar-refractivity contribution is 5.82. The van der Waals surface area contributed by atoms with E-state index in [9.17, 15) is 0 Å². The average molecular weight is 517 g/mol. The zero-order chi connectivity index (χ0) is 26.6. The summed E-state index contributed by atoms with van der Waals surface area (Å²) in [7, 11) is 5.25. The highest BCUT2D eigenvalue weighted by Gasteiger charge is 2.22. The maximum atomic E-state index is 5.92. The van der Waals surface area contributed by atoms with Gasteiger partial charge in [-0.3, -0.25) is 14.6 Å². The molecule has 1 saturated heterocycles. The molecule has 2 aromatic heterocycles. The van der Waals surface area contributed by atoms with Gasteiger partial charge in [0.25, 0.3) is 0 Å². The topological polar surface area (TPSA) is 77.8 Å². The van der Waals surface area contributed by atoms with E-state index in [1.165, 1.54) is 0 Å². The number of benzene rings is 2. The monoisotopic (exact) mass is 516 g/mol. The summed E-state index contributed by atoms with van der Waals surface area (Å²) >= 11 is 0. The van der Waals surface area contributed by atoms with Gasteiger partial charge in [0.2, 0.25) is 0 Å². The van der Waals surface area contributed by atoms with Crippen molar-refractivity contribution >= 4 is 22.4 Å². The summed E-state index contributed by atoms with van der Waals surface area (Å²) in [5, 5.41) is 4.28. The molecule has 1 aliphatic rings. The second kappa shape index (κ2) is 11.4. The molecule has 1 aliphatic heterocycles. The van der Waals surface area contributed by atoms with E-state index in [0.29, 0.717) is 0 Å². The van der Waals surface area contributed by atoms with Crippen LogP contribution >= 0.6 is 0 Å². The van der Waals surface area contributed by atoms with Crippen molar-refractivity contribution < 1.29 is 14.2 Å². The number of nitrogens with zero attached hydrogens (tertiary/aromatic N) is 6. The predicted octanol–water partition coefficient (Wildman–Crippen LogP) is 4.68. The van der Waals surface area contributed by atoms with Gasteiger partial charge in [0.1, 0.15) is 11.5 Å². The first kappa shape index (κ1) is 25.9. The van der Waals surface area contributed by atoms with E-state index in [1.807, 2.05) is 43.7 Å². The van der Waals surface area contributed by atoms with Crippen molar-refractivity contribution in [1.29, 1.82) is 0 Å². The number of rotatable bonds is 9.